The zero-order valence-electron chi connectivity index (χ0n) is 16.1. The van der Waals surface area contributed by atoms with Crippen LogP contribution in [0.2, 0.25) is 0 Å². The molecule has 28 heavy (non-hydrogen) atoms. The highest BCUT2D eigenvalue weighted by Crippen LogP contribution is 2.16. The third kappa shape index (κ3) is 3.47. The Morgan fingerprint density at radius 2 is 1.82 bits per heavy atom. The topological polar surface area (TPSA) is 82.1 Å². The molecule has 2 aromatic heterocycles. The van der Waals surface area contributed by atoms with Gasteiger partial charge in [-0.15, -0.1) is 0 Å². The van der Waals surface area contributed by atoms with Gasteiger partial charge in [0.25, 0.3) is 5.56 Å². The highest BCUT2D eigenvalue weighted by molar-refractivity contribution is 5.93. The maximum Gasteiger partial charge on any atom is 0.332 e. The molecule has 3 aromatic rings. The van der Waals surface area contributed by atoms with E-state index in [1.807, 2.05) is 6.92 Å². The van der Waals surface area contributed by atoms with Crippen molar-refractivity contribution in [3.05, 3.63) is 57.2 Å². The summed E-state index contributed by atoms with van der Waals surface area (Å²) in [6.45, 7) is 2.74. The lowest BCUT2D eigenvalue weighted by atomic mass is 10.2. The number of rotatable bonds is 6. The molecule has 0 bridgehead atoms. The van der Waals surface area contributed by atoms with Crippen molar-refractivity contribution in [3.63, 3.8) is 0 Å². The summed E-state index contributed by atoms with van der Waals surface area (Å²) in [6, 6.07) is 5.79. The minimum absolute atomic E-state index is 0.0844. The monoisotopic (exact) mass is 387 g/mol. The Kier molecular flexibility index (Phi) is 5.43. The summed E-state index contributed by atoms with van der Waals surface area (Å²) in [4.78, 5) is 42.7. The number of aromatic nitrogens is 4. The number of carbonyl (C=O) groups is 1. The quantitative estimate of drug-likeness (QED) is 0.640. The van der Waals surface area contributed by atoms with Crippen molar-refractivity contribution in [2.24, 2.45) is 14.1 Å². The molecule has 3 rings (SSSR count). The third-order valence-electron chi connectivity index (χ3n) is 4.76. The normalized spacial score (nSPS) is 11.1. The summed E-state index contributed by atoms with van der Waals surface area (Å²) >= 11 is 0. The maximum absolute atomic E-state index is 13.1. The molecule has 0 radical (unpaired) electrons. The van der Waals surface area contributed by atoms with Crippen LogP contribution < -0.4 is 16.1 Å². The molecular formula is C19H22FN5O3. The van der Waals surface area contributed by atoms with Crippen molar-refractivity contribution in [1.29, 1.82) is 0 Å². The second-order valence-electron chi connectivity index (χ2n) is 6.53. The van der Waals surface area contributed by atoms with Crippen molar-refractivity contribution in [2.45, 2.75) is 26.3 Å². The number of amides is 1. The van der Waals surface area contributed by atoms with Crippen LogP contribution in [-0.2, 0) is 25.4 Å². The highest BCUT2D eigenvalue weighted by Gasteiger charge is 2.16. The molecule has 9 heteroatoms. The predicted molar refractivity (Wildman–Crippen MR) is 104 cm³/mol. The van der Waals surface area contributed by atoms with Gasteiger partial charge in [-0.2, -0.15) is 0 Å². The van der Waals surface area contributed by atoms with E-state index in [1.54, 1.807) is 28.6 Å². The van der Waals surface area contributed by atoms with Gasteiger partial charge in [0.2, 0.25) is 5.91 Å². The van der Waals surface area contributed by atoms with Crippen LogP contribution in [0.4, 0.5) is 10.1 Å². The Balaban J connectivity index is 1.74. The molecule has 1 amide bonds. The fourth-order valence-electron chi connectivity index (χ4n) is 3.23. The van der Waals surface area contributed by atoms with Gasteiger partial charge in [-0.05, 0) is 37.6 Å². The molecule has 0 saturated carbocycles. The molecule has 0 saturated heterocycles. The summed E-state index contributed by atoms with van der Waals surface area (Å²) in [5, 5.41) is 0. The first-order chi connectivity index (χ1) is 13.3. The van der Waals surface area contributed by atoms with Crippen molar-refractivity contribution < 1.29 is 9.18 Å². The predicted octanol–water partition coefficient (Wildman–Crippen LogP) is 1.41. The number of nitrogens with zero attached hydrogens (tertiary/aromatic N) is 5. The van der Waals surface area contributed by atoms with E-state index in [2.05, 4.69) is 4.98 Å². The van der Waals surface area contributed by atoms with Crippen molar-refractivity contribution in [1.82, 2.24) is 18.7 Å². The van der Waals surface area contributed by atoms with Gasteiger partial charge in [0.1, 0.15) is 5.82 Å². The minimum Gasteiger partial charge on any atom is -0.325 e. The van der Waals surface area contributed by atoms with E-state index in [0.29, 0.717) is 36.4 Å². The average Bonchev–Trinajstić information content (AvgIpc) is 3.11. The standard InChI is InChI=1S/C19H22FN5O3/c1-4-25(14-9-7-13(20)8-10-14)15(26)6-5-11-24-12-21-17-16(24)18(27)23(3)19(28)22(17)2/h7-10,12H,4-6,11H2,1-3H3. The molecule has 0 aliphatic heterocycles. The summed E-state index contributed by atoms with van der Waals surface area (Å²) in [5.74, 6) is -0.436. The largest absolute Gasteiger partial charge is 0.332 e. The van der Waals surface area contributed by atoms with Gasteiger partial charge in [0, 0.05) is 39.3 Å². The van der Waals surface area contributed by atoms with Crippen LogP contribution in [0.1, 0.15) is 19.8 Å². The molecule has 2 heterocycles. The first kappa shape index (κ1) is 19.5. The number of hydrogen-bond acceptors (Lipinski definition) is 4. The SMILES string of the molecule is CCN(C(=O)CCCn1cnc2c1c(=O)n(C)c(=O)n2C)c1ccc(F)cc1. The lowest BCUT2D eigenvalue weighted by Gasteiger charge is -2.21. The fraction of sp³-hybridized carbons (Fsp3) is 0.368. The molecule has 0 aliphatic rings. The third-order valence-corrected chi connectivity index (χ3v) is 4.76. The van der Waals surface area contributed by atoms with Crippen LogP contribution in [0.25, 0.3) is 11.2 Å². The molecule has 0 atom stereocenters. The second-order valence-corrected chi connectivity index (χ2v) is 6.53. The summed E-state index contributed by atoms with van der Waals surface area (Å²) in [6.07, 6.45) is 2.26. The Labute approximate surface area is 160 Å². The molecule has 8 nitrogen and oxygen atoms in total. The van der Waals surface area contributed by atoms with Gasteiger partial charge in [0.05, 0.1) is 6.33 Å². The van der Waals surface area contributed by atoms with Gasteiger partial charge in [-0.25, -0.2) is 14.2 Å². The zero-order chi connectivity index (χ0) is 20.4. The smallest absolute Gasteiger partial charge is 0.325 e. The number of fused-ring (bicyclic) bond motifs is 1. The fourth-order valence-corrected chi connectivity index (χ4v) is 3.23. The van der Waals surface area contributed by atoms with E-state index in [-0.39, 0.29) is 18.1 Å². The molecule has 0 spiro atoms. The number of benzene rings is 1. The van der Waals surface area contributed by atoms with Crippen molar-refractivity contribution in [2.75, 3.05) is 11.4 Å². The van der Waals surface area contributed by atoms with Crippen LogP contribution in [0.5, 0.6) is 0 Å². The first-order valence-electron chi connectivity index (χ1n) is 9.02. The van der Waals surface area contributed by atoms with E-state index in [4.69, 9.17) is 0 Å². The van der Waals surface area contributed by atoms with E-state index >= 15 is 0 Å². The zero-order valence-corrected chi connectivity index (χ0v) is 16.1. The summed E-state index contributed by atoms with van der Waals surface area (Å²) < 4.78 is 17.1. The maximum atomic E-state index is 13.1. The molecule has 1 aromatic carbocycles. The highest BCUT2D eigenvalue weighted by atomic mass is 19.1. The Hall–Kier alpha value is -3.23. The van der Waals surface area contributed by atoms with Gasteiger partial charge < -0.3 is 9.47 Å². The minimum atomic E-state index is -0.434. The molecule has 0 N–H and O–H groups in total. The molecule has 0 fully saturated rings. The van der Waals surface area contributed by atoms with Gasteiger partial charge in [-0.3, -0.25) is 18.7 Å². The van der Waals surface area contributed by atoms with Crippen molar-refractivity contribution >= 4 is 22.8 Å². The van der Waals surface area contributed by atoms with Crippen molar-refractivity contribution in [3.8, 4) is 0 Å². The van der Waals surface area contributed by atoms with Crippen LogP contribution in [0.15, 0.2) is 40.2 Å². The van der Waals surface area contributed by atoms with Gasteiger partial charge in [0.15, 0.2) is 11.2 Å². The Morgan fingerprint density at radius 3 is 2.46 bits per heavy atom. The van der Waals surface area contributed by atoms with Gasteiger partial charge in [-0.1, -0.05) is 0 Å². The van der Waals surface area contributed by atoms with E-state index < -0.39 is 11.2 Å². The number of hydrogen-bond donors (Lipinski definition) is 0. The van der Waals surface area contributed by atoms with Gasteiger partial charge >= 0.3 is 5.69 Å². The van der Waals surface area contributed by atoms with Crippen LogP contribution in [-0.4, -0.2) is 31.1 Å². The van der Waals surface area contributed by atoms with Crippen LogP contribution in [0.3, 0.4) is 0 Å². The Morgan fingerprint density at radius 1 is 1.14 bits per heavy atom. The molecule has 0 aliphatic carbocycles. The number of halogens is 1. The number of carbonyl (C=O) groups excluding carboxylic acids is 1. The summed E-state index contributed by atoms with van der Waals surface area (Å²) in [5.41, 5.74) is 0.453. The number of anilines is 1. The Bertz CT molecular complexity index is 1130. The average molecular weight is 387 g/mol. The molecular weight excluding hydrogens is 365 g/mol. The first-order valence-corrected chi connectivity index (χ1v) is 9.02. The second kappa shape index (κ2) is 7.79. The van der Waals surface area contributed by atoms with E-state index in [1.165, 1.54) is 30.1 Å². The van der Waals surface area contributed by atoms with E-state index in [9.17, 15) is 18.8 Å². The summed E-state index contributed by atoms with van der Waals surface area (Å²) in [7, 11) is 2.99. The number of aryl methyl sites for hydroxylation is 2. The number of imidazole rings is 1. The van der Waals surface area contributed by atoms with Crippen LogP contribution >= 0.6 is 0 Å². The van der Waals surface area contributed by atoms with Crippen LogP contribution in [0, 0.1) is 5.82 Å². The molecule has 148 valence electrons. The lowest BCUT2D eigenvalue weighted by Crippen LogP contribution is -2.37. The molecule has 0 unspecified atom stereocenters. The lowest BCUT2D eigenvalue weighted by molar-refractivity contribution is -0.118. The van der Waals surface area contributed by atoms with E-state index in [0.717, 1.165) is 4.57 Å².